The van der Waals surface area contributed by atoms with Crippen LogP contribution in [0.3, 0.4) is 0 Å². The van der Waals surface area contributed by atoms with Gasteiger partial charge in [-0.25, -0.2) is 8.42 Å². The van der Waals surface area contributed by atoms with E-state index < -0.39 is 27.6 Å². The van der Waals surface area contributed by atoms with Crippen LogP contribution in [0.5, 0.6) is 0 Å². The van der Waals surface area contributed by atoms with Crippen LogP contribution in [0.1, 0.15) is 18.4 Å². The molecule has 1 heterocycles. The summed E-state index contributed by atoms with van der Waals surface area (Å²) in [4.78, 5) is 11.2. The number of hydrogen-bond acceptors (Lipinski definition) is 3. The van der Waals surface area contributed by atoms with Crippen LogP contribution in [0.15, 0.2) is 27.6 Å². The van der Waals surface area contributed by atoms with E-state index in [4.69, 9.17) is 5.11 Å². The fraction of sp³-hybridized carbons (Fsp3) is 0.364. The summed E-state index contributed by atoms with van der Waals surface area (Å²) in [7, 11) is -3.33. The lowest BCUT2D eigenvalue weighted by Crippen LogP contribution is -2.20. The second kappa shape index (κ2) is 4.10. The van der Waals surface area contributed by atoms with Crippen molar-refractivity contribution in [2.45, 2.75) is 17.7 Å². The van der Waals surface area contributed by atoms with E-state index in [0.717, 1.165) is 4.47 Å². The van der Waals surface area contributed by atoms with E-state index in [2.05, 4.69) is 15.9 Å². The fourth-order valence-electron chi connectivity index (χ4n) is 2.09. The molecule has 0 saturated carbocycles. The van der Waals surface area contributed by atoms with Crippen molar-refractivity contribution in [1.82, 2.24) is 0 Å². The van der Waals surface area contributed by atoms with E-state index in [1.165, 1.54) is 6.07 Å². The predicted molar refractivity (Wildman–Crippen MR) is 65.7 cm³/mol. The number of aliphatic carboxylic acids is 1. The van der Waals surface area contributed by atoms with Gasteiger partial charge in [0, 0.05) is 10.4 Å². The highest BCUT2D eigenvalue weighted by Gasteiger charge is 2.39. The van der Waals surface area contributed by atoms with Gasteiger partial charge in [-0.3, -0.25) is 4.79 Å². The Morgan fingerprint density at radius 3 is 2.76 bits per heavy atom. The predicted octanol–water partition coefficient (Wildman–Crippen LogP) is 2.04. The maximum Gasteiger partial charge on any atom is 0.306 e. The number of fused-ring (bicyclic) bond motifs is 1. The summed E-state index contributed by atoms with van der Waals surface area (Å²) in [5.74, 6) is -2.27. The first kappa shape index (κ1) is 12.6. The molecule has 1 aromatic carbocycles. The molecule has 1 N–H and O–H groups in total. The minimum Gasteiger partial charge on any atom is -0.481 e. The molecule has 0 bridgehead atoms. The van der Waals surface area contributed by atoms with E-state index in [1.807, 2.05) is 0 Å². The third kappa shape index (κ3) is 2.11. The van der Waals surface area contributed by atoms with Crippen LogP contribution in [-0.2, 0) is 14.6 Å². The Labute approximate surface area is 108 Å². The maximum atomic E-state index is 11.9. The number of rotatable bonds is 2. The van der Waals surface area contributed by atoms with Crippen LogP contribution in [-0.4, -0.2) is 25.2 Å². The third-order valence-corrected chi connectivity index (χ3v) is 5.43. The second-order valence-corrected chi connectivity index (χ2v) is 7.12. The smallest absolute Gasteiger partial charge is 0.306 e. The van der Waals surface area contributed by atoms with Gasteiger partial charge in [-0.1, -0.05) is 22.9 Å². The standard InChI is InChI=1S/C11H11BrO4S/c1-6(11(13)14)9-5-17(15,16)10-3-2-7(12)4-8(9)10/h2-4,6,9H,5H2,1H3,(H,13,14). The Hall–Kier alpha value is -0.880. The van der Waals surface area contributed by atoms with Gasteiger partial charge in [0.25, 0.3) is 0 Å². The summed E-state index contributed by atoms with van der Waals surface area (Å²) < 4.78 is 24.5. The zero-order valence-electron chi connectivity index (χ0n) is 9.05. The van der Waals surface area contributed by atoms with Crippen LogP contribution in [0.2, 0.25) is 0 Å². The number of hydrogen-bond donors (Lipinski definition) is 1. The van der Waals surface area contributed by atoms with Crippen molar-refractivity contribution >= 4 is 31.7 Å². The summed E-state index contributed by atoms with van der Waals surface area (Å²) in [5.41, 5.74) is 0.606. The first-order chi connectivity index (χ1) is 7.83. The average molecular weight is 319 g/mol. The Balaban J connectivity index is 2.57. The van der Waals surface area contributed by atoms with E-state index in [9.17, 15) is 13.2 Å². The quantitative estimate of drug-likeness (QED) is 0.905. The number of carbonyl (C=O) groups is 1. The molecule has 1 aliphatic heterocycles. The molecule has 4 nitrogen and oxygen atoms in total. The molecule has 0 saturated heterocycles. The molecule has 17 heavy (non-hydrogen) atoms. The van der Waals surface area contributed by atoms with Crippen molar-refractivity contribution in [3.8, 4) is 0 Å². The van der Waals surface area contributed by atoms with Crippen LogP contribution >= 0.6 is 15.9 Å². The third-order valence-electron chi connectivity index (χ3n) is 3.10. The second-order valence-electron chi connectivity index (χ2n) is 4.20. The van der Waals surface area contributed by atoms with Crippen molar-refractivity contribution in [2.24, 2.45) is 5.92 Å². The van der Waals surface area contributed by atoms with Gasteiger partial charge in [0.05, 0.1) is 16.6 Å². The molecule has 0 aliphatic carbocycles. The van der Waals surface area contributed by atoms with Crippen molar-refractivity contribution in [1.29, 1.82) is 0 Å². The molecule has 0 aromatic heterocycles. The molecule has 92 valence electrons. The highest BCUT2D eigenvalue weighted by molar-refractivity contribution is 9.10. The molecular formula is C11H11BrO4S. The van der Waals surface area contributed by atoms with Gasteiger partial charge in [-0.2, -0.15) is 0 Å². The van der Waals surface area contributed by atoms with E-state index in [0.29, 0.717) is 5.56 Å². The Kier molecular flexibility index (Phi) is 3.03. The topological polar surface area (TPSA) is 71.4 Å². The van der Waals surface area contributed by atoms with Crippen LogP contribution in [0, 0.1) is 5.92 Å². The molecular weight excluding hydrogens is 308 g/mol. The van der Waals surface area contributed by atoms with Crippen LogP contribution in [0.4, 0.5) is 0 Å². The molecule has 1 aromatic rings. The van der Waals surface area contributed by atoms with Crippen LogP contribution < -0.4 is 0 Å². The molecule has 0 amide bonds. The number of carboxylic acid groups (broad SMARTS) is 1. The summed E-state index contributed by atoms with van der Waals surface area (Å²) in [6.45, 7) is 1.54. The SMILES string of the molecule is CC(C(=O)O)C1CS(=O)(=O)c2ccc(Br)cc21. The summed E-state index contributed by atoms with van der Waals surface area (Å²) in [5, 5.41) is 9.00. The number of benzene rings is 1. The van der Waals surface area contributed by atoms with Crippen LogP contribution in [0.25, 0.3) is 0 Å². The van der Waals surface area contributed by atoms with Gasteiger partial charge < -0.3 is 5.11 Å². The molecule has 2 unspecified atom stereocenters. The summed E-state index contributed by atoms with van der Waals surface area (Å²) in [6, 6.07) is 4.89. The van der Waals surface area contributed by atoms with Gasteiger partial charge >= 0.3 is 5.97 Å². The van der Waals surface area contributed by atoms with Crippen molar-refractivity contribution in [2.75, 3.05) is 5.75 Å². The largest absolute Gasteiger partial charge is 0.481 e. The van der Waals surface area contributed by atoms with Gasteiger partial charge in [0.15, 0.2) is 9.84 Å². The van der Waals surface area contributed by atoms with E-state index in [1.54, 1.807) is 19.1 Å². The molecule has 0 spiro atoms. The zero-order valence-corrected chi connectivity index (χ0v) is 11.5. The summed E-state index contributed by atoms with van der Waals surface area (Å²) >= 11 is 3.27. The van der Waals surface area contributed by atoms with Gasteiger partial charge in [0.1, 0.15) is 0 Å². The minimum atomic E-state index is -3.33. The molecule has 0 radical (unpaired) electrons. The zero-order chi connectivity index (χ0) is 12.8. The molecule has 0 fully saturated rings. The highest BCUT2D eigenvalue weighted by atomic mass is 79.9. The van der Waals surface area contributed by atoms with Gasteiger partial charge in [-0.15, -0.1) is 0 Å². The number of carboxylic acids is 1. The summed E-state index contributed by atoms with van der Waals surface area (Å²) in [6.07, 6.45) is 0. The average Bonchev–Trinajstić information content (AvgIpc) is 2.49. The Morgan fingerprint density at radius 2 is 2.18 bits per heavy atom. The lowest BCUT2D eigenvalue weighted by atomic mass is 9.89. The molecule has 2 rings (SSSR count). The Bertz CT molecular complexity index is 579. The first-order valence-corrected chi connectivity index (χ1v) is 7.52. The minimum absolute atomic E-state index is 0.119. The molecule has 2 atom stereocenters. The normalized spacial score (nSPS) is 23.1. The number of halogens is 1. The first-order valence-electron chi connectivity index (χ1n) is 5.08. The lowest BCUT2D eigenvalue weighted by Gasteiger charge is -2.14. The van der Waals surface area contributed by atoms with Gasteiger partial charge in [0.2, 0.25) is 0 Å². The number of sulfone groups is 1. The van der Waals surface area contributed by atoms with Crippen molar-refractivity contribution in [3.05, 3.63) is 28.2 Å². The van der Waals surface area contributed by atoms with Crippen molar-refractivity contribution in [3.63, 3.8) is 0 Å². The van der Waals surface area contributed by atoms with E-state index in [-0.39, 0.29) is 10.6 Å². The van der Waals surface area contributed by atoms with E-state index >= 15 is 0 Å². The lowest BCUT2D eigenvalue weighted by molar-refractivity contribution is -0.141. The Morgan fingerprint density at radius 1 is 1.53 bits per heavy atom. The monoisotopic (exact) mass is 318 g/mol. The maximum absolute atomic E-state index is 11.9. The van der Waals surface area contributed by atoms with Crippen molar-refractivity contribution < 1.29 is 18.3 Å². The molecule has 1 aliphatic rings. The highest BCUT2D eigenvalue weighted by Crippen LogP contribution is 2.40. The fourth-order valence-corrected chi connectivity index (χ4v) is 4.44. The molecule has 6 heteroatoms. The van der Waals surface area contributed by atoms with Gasteiger partial charge in [-0.05, 0) is 23.8 Å².